The minimum absolute atomic E-state index is 0.562. The fourth-order valence-corrected chi connectivity index (χ4v) is 2.48. The van der Waals surface area contributed by atoms with E-state index in [9.17, 15) is 5.26 Å². The molecule has 21 heavy (non-hydrogen) atoms. The molecule has 0 aliphatic rings. The van der Waals surface area contributed by atoms with Gasteiger partial charge < -0.3 is 5.73 Å². The fraction of sp³-hybridized carbons (Fsp3) is 0. The van der Waals surface area contributed by atoms with Crippen LogP contribution >= 0.6 is 15.9 Å². The lowest BCUT2D eigenvalue weighted by atomic mass is 10.1. The number of hydrogen-bond acceptors (Lipinski definition) is 3. The molecule has 4 nitrogen and oxygen atoms in total. The summed E-state index contributed by atoms with van der Waals surface area (Å²) in [5.41, 5.74) is 9.77. The lowest BCUT2D eigenvalue weighted by Crippen LogP contribution is -1.97. The maximum Gasteiger partial charge on any atom is 0.101 e. The van der Waals surface area contributed by atoms with Gasteiger partial charge in [-0.05, 0) is 35.9 Å². The summed E-state index contributed by atoms with van der Waals surface area (Å²) in [5, 5.41) is 13.6. The average Bonchev–Trinajstić information content (AvgIpc) is 2.96. The topological polar surface area (TPSA) is 67.6 Å². The summed E-state index contributed by atoms with van der Waals surface area (Å²) < 4.78 is 2.56. The number of nitrogens with zero attached hydrogens (tertiary/aromatic N) is 3. The number of rotatable bonds is 2. The van der Waals surface area contributed by atoms with Crippen LogP contribution in [0, 0.1) is 11.3 Å². The van der Waals surface area contributed by atoms with Crippen LogP contribution in [0.2, 0.25) is 0 Å². The van der Waals surface area contributed by atoms with Crippen LogP contribution in [0.4, 0.5) is 5.69 Å². The number of benzene rings is 2. The smallest absolute Gasteiger partial charge is 0.101 e. The molecule has 0 aliphatic heterocycles. The van der Waals surface area contributed by atoms with Crippen LogP contribution in [-0.2, 0) is 0 Å². The SMILES string of the molecule is N#Cc1cc(Br)ccc1-n1cc(-c2cccc(N)c2)cn1. The number of nitriles is 1. The van der Waals surface area contributed by atoms with Gasteiger partial charge in [0.15, 0.2) is 0 Å². The summed E-state index contributed by atoms with van der Waals surface area (Å²) in [5.74, 6) is 0. The van der Waals surface area contributed by atoms with Gasteiger partial charge in [-0.2, -0.15) is 10.4 Å². The molecule has 2 aromatic carbocycles. The molecule has 102 valence electrons. The van der Waals surface area contributed by atoms with Crippen molar-refractivity contribution in [2.24, 2.45) is 0 Å². The number of anilines is 1. The molecular weight excluding hydrogens is 328 g/mol. The first-order chi connectivity index (χ1) is 10.2. The van der Waals surface area contributed by atoms with E-state index in [-0.39, 0.29) is 0 Å². The Bertz CT molecular complexity index is 845. The van der Waals surface area contributed by atoms with Gasteiger partial charge in [0.05, 0.1) is 17.4 Å². The zero-order valence-corrected chi connectivity index (χ0v) is 12.6. The third kappa shape index (κ3) is 2.67. The molecule has 3 rings (SSSR count). The number of nitrogen functional groups attached to an aromatic ring is 1. The van der Waals surface area contributed by atoms with Crippen LogP contribution in [0.1, 0.15) is 5.56 Å². The second-order valence-corrected chi connectivity index (χ2v) is 5.49. The zero-order valence-electron chi connectivity index (χ0n) is 11.0. The monoisotopic (exact) mass is 338 g/mol. The van der Waals surface area contributed by atoms with Gasteiger partial charge in [-0.25, -0.2) is 4.68 Å². The summed E-state index contributed by atoms with van der Waals surface area (Å²) in [4.78, 5) is 0. The van der Waals surface area contributed by atoms with Gasteiger partial charge in [-0.15, -0.1) is 0 Å². The summed E-state index contributed by atoms with van der Waals surface area (Å²) in [6.45, 7) is 0. The Morgan fingerprint density at radius 2 is 2.00 bits per heavy atom. The maximum atomic E-state index is 9.24. The van der Waals surface area contributed by atoms with Crippen molar-refractivity contribution in [3.05, 3.63) is 64.9 Å². The maximum absolute atomic E-state index is 9.24. The minimum Gasteiger partial charge on any atom is -0.399 e. The molecule has 0 bridgehead atoms. The average molecular weight is 339 g/mol. The zero-order chi connectivity index (χ0) is 14.8. The third-order valence-electron chi connectivity index (χ3n) is 3.13. The molecule has 1 heterocycles. The summed E-state index contributed by atoms with van der Waals surface area (Å²) in [6, 6.07) is 15.3. The van der Waals surface area contributed by atoms with E-state index in [1.807, 2.05) is 42.6 Å². The Kier molecular flexibility index (Phi) is 3.46. The lowest BCUT2D eigenvalue weighted by Gasteiger charge is -2.04. The molecule has 0 saturated carbocycles. The van der Waals surface area contributed by atoms with Gasteiger partial charge in [-0.1, -0.05) is 28.1 Å². The molecule has 0 fully saturated rings. The van der Waals surface area contributed by atoms with E-state index in [2.05, 4.69) is 27.1 Å². The highest BCUT2D eigenvalue weighted by molar-refractivity contribution is 9.10. The van der Waals surface area contributed by atoms with Crippen molar-refractivity contribution in [2.45, 2.75) is 0 Å². The molecule has 0 amide bonds. The lowest BCUT2D eigenvalue weighted by molar-refractivity contribution is 0.877. The Balaban J connectivity index is 2.05. The van der Waals surface area contributed by atoms with Crippen molar-refractivity contribution >= 4 is 21.6 Å². The molecule has 3 aromatic rings. The van der Waals surface area contributed by atoms with E-state index in [0.717, 1.165) is 21.3 Å². The first kappa shape index (κ1) is 13.4. The van der Waals surface area contributed by atoms with Gasteiger partial charge in [0, 0.05) is 21.9 Å². The second-order valence-electron chi connectivity index (χ2n) is 4.57. The van der Waals surface area contributed by atoms with Crippen molar-refractivity contribution in [3.63, 3.8) is 0 Å². The van der Waals surface area contributed by atoms with Crippen LogP contribution in [0.15, 0.2) is 59.3 Å². The first-order valence-electron chi connectivity index (χ1n) is 6.28. The van der Waals surface area contributed by atoms with Gasteiger partial charge in [-0.3, -0.25) is 0 Å². The number of halogens is 1. The molecule has 0 unspecified atom stereocenters. The first-order valence-corrected chi connectivity index (χ1v) is 7.07. The van der Waals surface area contributed by atoms with Crippen LogP contribution in [-0.4, -0.2) is 9.78 Å². The Morgan fingerprint density at radius 1 is 1.14 bits per heavy atom. The molecular formula is C16H11BrN4. The molecule has 5 heteroatoms. The highest BCUT2D eigenvalue weighted by Crippen LogP contribution is 2.24. The van der Waals surface area contributed by atoms with Gasteiger partial charge in [0.25, 0.3) is 0 Å². The summed E-state index contributed by atoms with van der Waals surface area (Å²) >= 11 is 3.36. The van der Waals surface area contributed by atoms with Crippen molar-refractivity contribution in [1.29, 1.82) is 5.26 Å². The fourth-order valence-electron chi connectivity index (χ4n) is 2.12. The number of aromatic nitrogens is 2. The van der Waals surface area contributed by atoms with E-state index in [0.29, 0.717) is 11.3 Å². The molecule has 0 aliphatic carbocycles. The predicted octanol–water partition coefficient (Wildman–Crippen LogP) is 3.76. The highest BCUT2D eigenvalue weighted by atomic mass is 79.9. The highest BCUT2D eigenvalue weighted by Gasteiger charge is 2.08. The van der Waals surface area contributed by atoms with Crippen LogP contribution < -0.4 is 5.73 Å². The van der Waals surface area contributed by atoms with E-state index in [1.54, 1.807) is 16.9 Å². The Labute approximate surface area is 130 Å². The van der Waals surface area contributed by atoms with Crippen molar-refractivity contribution in [1.82, 2.24) is 9.78 Å². The van der Waals surface area contributed by atoms with Crippen molar-refractivity contribution in [2.75, 3.05) is 5.73 Å². The van der Waals surface area contributed by atoms with Crippen LogP contribution in [0.25, 0.3) is 16.8 Å². The molecule has 0 spiro atoms. The predicted molar refractivity (Wildman–Crippen MR) is 85.8 cm³/mol. The number of nitrogens with two attached hydrogens (primary N) is 1. The quantitative estimate of drug-likeness (QED) is 0.723. The van der Waals surface area contributed by atoms with Gasteiger partial charge >= 0.3 is 0 Å². The summed E-state index contributed by atoms with van der Waals surface area (Å²) in [6.07, 6.45) is 3.65. The molecule has 2 N–H and O–H groups in total. The van der Waals surface area contributed by atoms with E-state index in [4.69, 9.17) is 5.73 Å². The van der Waals surface area contributed by atoms with E-state index >= 15 is 0 Å². The van der Waals surface area contributed by atoms with Crippen LogP contribution in [0.5, 0.6) is 0 Å². The largest absolute Gasteiger partial charge is 0.399 e. The van der Waals surface area contributed by atoms with Gasteiger partial charge in [0.1, 0.15) is 6.07 Å². The molecule has 0 radical (unpaired) electrons. The van der Waals surface area contributed by atoms with Crippen molar-refractivity contribution in [3.8, 4) is 22.9 Å². The molecule has 0 atom stereocenters. The Hall–Kier alpha value is -2.58. The standard InChI is InChI=1S/C16H11BrN4/c17-14-4-5-16(12(6-14)8-18)21-10-13(9-20-21)11-2-1-3-15(19)7-11/h1-7,9-10H,19H2. The normalized spacial score (nSPS) is 10.3. The molecule has 1 aromatic heterocycles. The Morgan fingerprint density at radius 3 is 2.76 bits per heavy atom. The van der Waals surface area contributed by atoms with Crippen LogP contribution in [0.3, 0.4) is 0 Å². The van der Waals surface area contributed by atoms with E-state index < -0.39 is 0 Å². The molecule has 0 saturated heterocycles. The third-order valence-corrected chi connectivity index (χ3v) is 3.62. The minimum atomic E-state index is 0.562. The van der Waals surface area contributed by atoms with E-state index in [1.165, 1.54) is 0 Å². The van der Waals surface area contributed by atoms with Crippen molar-refractivity contribution < 1.29 is 0 Å². The second kappa shape index (κ2) is 5.43. The number of hydrogen-bond donors (Lipinski definition) is 1. The summed E-state index contributed by atoms with van der Waals surface area (Å²) in [7, 11) is 0. The van der Waals surface area contributed by atoms with Gasteiger partial charge in [0.2, 0.25) is 0 Å².